The minimum Gasteiger partial charge on any atom is -0.353 e. The lowest BCUT2D eigenvalue weighted by atomic mass is 10.1. The molecular weight excluding hydrogens is 308 g/mol. The Labute approximate surface area is 141 Å². The topological polar surface area (TPSA) is 62.4 Å². The van der Waals surface area contributed by atoms with Crippen LogP contribution in [0.15, 0.2) is 70.8 Å². The van der Waals surface area contributed by atoms with Gasteiger partial charge in [-0.25, -0.2) is 4.99 Å². The third-order valence-corrected chi connectivity index (χ3v) is 3.99. The summed E-state index contributed by atoms with van der Waals surface area (Å²) in [4.78, 5) is 4.60. The van der Waals surface area contributed by atoms with Crippen molar-refractivity contribution in [3.63, 3.8) is 0 Å². The van der Waals surface area contributed by atoms with Crippen molar-refractivity contribution < 1.29 is 0 Å². The standard InChI is InChI=1S/C18H19ClN4/c1-13-7-5-6-10-16(13)22-17-15(19)12-21-18(20,23-17)11-14-8-3-2-4-9-14/h2-10,12,21H,11,20H2,1H3,(H,22,23). The molecule has 0 radical (unpaired) electrons. The second kappa shape index (κ2) is 6.44. The van der Waals surface area contributed by atoms with Gasteiger partial charge in [-0.3, -0.25) is 5.73 Å². The summed E-state index contributed by atoms with van der Waals surface area (Å²) in [6.45, 7) is 2.03. The Bertz CT molecular complexity index is 755. The number of nitrogens with two attached hydrogens (primary N) is 1. The van der Waals surface area contributed by atoms with Crippen LogP contribution in [0.3, 0.4) is 0 Å². The van der Waals surface area contributed by atoms with E-state index in [0.29, 0.717) is 17.3 Å². The molecule has 3 rings (SSSR count). The van der Waals surface area contributed by atoms with Crippen molar-refractivity contribution in [3.8, 4) is 0 Å². The van der Waals surface area contributed by atoms with Gasteiger partial charge in [-0.1, -0.05) is 60.1 Å². The van der Waals surface area contributed by atoms with Crippen LogP contribution >= 0.6 is 11.6 Å². The minimum atomic E-state index is -0.926. The first-order valence-corrected chi connectivity index (χ1v) is 7.83. The van der Waals surface area contributed by atoms with Crippen LogP contribution < -0.4 is 16.4 Å². The van der Waals surface area contributed by atoms with Gasteiger partial charge in [0.05, 0.1) is 5.03 Å². The number of benzene rings is 2. The van der Waals surface area contributed by atoms with Crippen molar-refractivity contribution >= 4 is 23.1 Å². The molecule has 0 saturated heterocycles. The highest BCUT2D eigenvalue weighted by molar-refractivity contribution is 6.45. The zero-order valence-corrected chi connectivity index (χ0v) is 13.6. The van der Waals surface area contributed by atoms with E-state index in [0.717, 1.165) is 16.8 Å². The predicted octanol–water partition coefficient (Wildman–Crippen LogP) is 3.34. The lowest BCUT2D eigenvalue weighted by molar-refractivity contribution is 0.390. The van der Waals surface area contributed by atoms with E-state index in [4.69, 9.17) is 17.3 Å². The minimum absolute atomic E-state index is 0.502. The molecule has 2 aromatic rings. The van der Waals surface area contributed by atoms with Crippen molar-refractivity contribution in [1.29, 1.82) is 0 Å². The maximum Gasteiger partial charge on any atom is 0.188 e. The number of hydrogen-bond acceptors (Lipinski definition) is 4. The van der Waals surface area contributed by atoms with Crippen LogP contribution in [0.25, 0.3) is 0 Å². The summed E-state index contributed by atoms with van der Waals surface area (Å²) in [5.41, 5.74) is 9.57. The molecule has 1 unspecified atom stereocenters. The molecule has 1 atom stereocenters. The third kappa shape index (κ3) is 3.73. The van der Waals surface area contributed by atoms with E-state index in [-0.39, 0.29) is 0 Å². The fraction of sp³-hybridized carbons (Fsp3) is 0.167. The number of halogens is 1. The molecule has 118 valence electrons. The number of anilines is 1. The monoisotopic (exact) mass is 326 g/mol. The number of nitrogens with zero attached hydrogens (tertiary/aromatic N) is 1. The molecule has 1 aliphatic rings. The molecule has 23 heavy (non-hydrogen) atoms. The molecule has 1 heterocycles. The average molecular weight is 327 g/mol. The largest absolute Gasteiger partial charge is 0.353 e. The zero-order chi connectivity index (χ0) is 16.3. The van der Waals surface area contributed by atoms with Gasteiger partial charge in [0, 0.05) is 18.3 Å². The van der Waals surface area contributed by atoms with E-state index >= 15 is 0 Å². The zero-order valence-electron chi connectivity index (χ0n) is 12.9. The second-order valence-corrected chi connectivity index (χ2v) is 6.03. The number of aliphatic imine (C=N–C) groups is 1. The van der Waals surface area contributed by atoms with Crippen LogP contribution in [-0.4, -0.2) is 11.6 Å². The Hall–Kier alpha value is -2.30. The van der Waals surface area contributed by atoms with Crippen LogP contribution in [0.2, 0.25) is 0 Å². The van der Waals surface area contributed by atoms with E-state index in [1.165, 1.54) is 0 Å². The fourth-order valence-electron chi connectivity index (χ4n) is 2.47. The molecule has 2 aromatic carbocycles. The molecule has 0 saturated carbocycles. The molecule has 4 N–H and O–H groups in total. The highest BCUT2D eigenvalue weighted by Gasteiger charge is 2.28. The first-order valence-electron chi connectivity index (χ1n) is 7.45. The first kappa shape index (κ1) is 15.6. The van der Waals surface area contributed by atoms with Crippen molar-refractivity contribution in [2.45, 2.75) is 19.1 Å². The smallest absolute Gasteiger partial charge is 0.188 e. The van der Waals surface area contributed by atoms with Crippen LogP contribution in [0.1, 0.15) is 11.1 Å². The van der Waals surface area contributed by atoms with Crippen LogP contribution in [0.5, 0.6) is 0 Å². The molecule has 5 heteroatoms. The van der Waals surface area contributed by atoms with Crippen molar-refractivity contribution in [3.05, 3.63) is 77.0 Å². The summed E-state index contributed by atoms with van der Waals surface area (Å²) in [6, 6.07) is 18.0. The number of amidine groups is 1. The second-order valence-electron chi connectivity index (χ2n) is 5.62. The lowest BCUT2D eigenvalue weighted by Crippen LogP contribution is -2.54. The molecule has 0 amide bonds. The van der Waals surface area contributed by atoms with Gasteiger partial charge in [-0.05, 0) is 24.1 Å². The van der Waals surface area contributed by atoms with Gasteiger partial charge in [-0.15, -0.1) is 0 Å². The maximum absolute atomic E-state index is 6.39. The number of para-hydroxylation sites is 1. The van der Waals surface area contributed by atoms with Crippen molar-refractivity contribution in [1.82, 2.24) is 5.32 Å². The number of hydrogen-bond donors (Lipinski definition) is 3. The number of rotatable bonds is 3. The highest BCUT2D eigenvalue weighted by atomic mass is 35.5. The Morgan fingerprint density at radius 2 is 1.83 bits per heavy atom. The summed E-state index contributed by atoms with van der Waals surface area (Å²) >= 11 is 6.26. The van der Waals surface area contributed by atoms with Crippen molar-refractivity contribution in [2.75, 3.05) is 5.32 Å². The van der Waals surface area contributed by atoms with Gasteiger partial charge in [0.25, 0.3) is 0 Å². The summed E-state index contributed by atoms with van der Waals surface area (Å²) < 4.78 is 0. The lowest BCUT2D eigenvalue weighted by Gasteiger charge is -2.30. The third-order valence-electron chi connectivity index (χ3n) is 3.70. The van der Waals surface area contributed by atoms with E-state index < -0.39 is 5.79 Å². The first-order chi connectivity index (χ1) is 11.1. The molecule has 0 bridgehead atoms. The van der Waals surface area contributed by atoms with E-state index in [1.54, 1.807) is 6.20 Å². The molecule has 0 fully saturated rings. The van der Waals surface area contributed by atoms with Crippen LogP contribution in [-0.2, 0) is 6.42 Å². The summed E-state index contributed by atoms with van der Waals surface area (Å²) in [5, 5.41) is 6.85. The Morgan fingerprint density at radius 1 is 1.13 bits per heavy atom. The summed E-state index contributed by atoms with van der Waals surface area (Å²) in [7, 11) is 0. The van der Waals surface area contributed by atoms with Crippen molar-refractivity contribution in [2.24, 2.45) is 10.7 Å². The maximum atomic E-state index is 6.39. The van der Waals surface area contributed by atoms with Gasteiger partial charge >= 0.3 is 0 Å². The Balaban J connectivity index is 1.84. The van der Waals surface area contributed by atoms with Gasteiger partial charge in [0.2, 0.25) is 0 Å². The van der Waals surface area contributed by atoms with Gasteiger partial charge in [0.15, 0.2) is 5.79 Å². The normalized spacial score (nSPS) is 20.3. The number of nitrogens with one attached hydrogen (secondary N) is 2. The molecule has 4 nitrogen and oxygen atoms in total. The Morgan fingerprint density at radius 3 is 2.57 bits per heavy atom. The summed E-state index contributed by atoms with van der Waals surface area (Å²) in [6.07, 6.45) is 2.26. The van der Waals surface area contributed by atoms with Crippen LogP contribution in [0, 0.1) is 6.92 Å². The quantitative estimate of drug-likeness (QED) is 0.810. The van der Waals surface area contributed by atoms with Crippen LogP contribution in [0.4, 0.5) is 5.69 Å². The highest BCUT2D eigenvalue weighted by Crippen LogP contribution is 2.21. The molecule has 1 aliphatic heterocycles. The van der Waals surface area contributed by atoms with E-state index in [1.807, 2.05) is 61.5 Å². The van der Waals surface area contributed by atoms with Gasteiger partial charge in [-0.2, -0.15) is 0 Å². The average Bonchev–Trinajstić information content (AvgIpc) is 2.54. The Kier molecular flexibility index (Phi) is 4.37. The van der Waals surface area contributed by atoms with Gasteiger partial charge in [0.1, 0.15) is 5.84 Å². The van der Waals surface area contributed by atoms with Gasteiger partial charge < -0.3 is 10.6 Å². The van der Waals surface area contributed by atoms with E-state index in [2.05, 4.69) is 15.6 Å². The molecular formula is C18H19ClN4. The fourth-order valence-corrected chi connectivity index (χ4v) is 2.61. The predicted molar refractivity (Wildman–Crippen MR) is 96.4 cm³/mol. The number of aryl methyl sites for hydroxylation is 1. The molecule has 0 aliphatic carbocycles. The summed E-state index contributed by atoms with van der Waals surface area (Å²) in [5.74, 6) is -0.358. The SMILES string of the molecule is Cc1ccccc1NC1=NC(N)(Cc2ccccc2)NC=C1Cl. The molecule has 0 aromatic heterocycles. The van der Waals surface area contributed by atoms with E-state index in [9.17, 15) is 0 Å². The molecule has 0 spiro atoms.